The van der Waals surface area contributed by atoms with Crippen molar-refractivity contribution in [2.24, 2.45) is 0 Å². The Balaban J connectivity index is 1.70. The Morgan fingerprint density at radius 3 is 2.26 bits per heavy atom. The van der Waals surface area contributed by atoms with Crippen LogP contribution in [0.15, 0.2) is 88.7 Å². The molecular formula is C21H19N3O5S2. The van der Waals surface area contributed by atoms with Crippen LogP contribution in [0.3, 0.4) is 0 Å². The quantitative estimate of drug-likeness (QED) is 0.216. The number of carbonyl (C=O) groups excluding carboxylic acids is 1. The summed E-state index contributed by atoms with van der Waals surface area (Å²) in [5.41, 5.74) is -0.0264. The molecule has 3 aromatic carbocycles. The molecule has 0 spiro atoms. The summed E-state index contributed by atoms with van der Waals surface area (Å²) < 4.78 is 27.0. The highest BCUT2D eigenvalue weighted by molar-refractivity contribution is 7.99. The van der Waals surface area contributed by atoms with Crippen molar-refractivity contribution in [1.29, 1.82) is 0 Å². The summed E-state index contributed by atoms with van der Waals surface area (Å²) in [6.45, 7) is 0.442. The minimum Gasteiger partial charge on any atom is -0.379 e. The van der Waals surface area contributed by atoms with Crippen molar-refractivity contribution in [1.82, 2.24) is 4.72 Å². The number of thioether (sulfide) groups is 1. The zero-order valence-electron chi connectivity index (χ0n) is 16.2. The second-order valence-electron chi connectivity index (χ2n) is 6.33. The van der Waals surface area contributed by atoms with Gasteiger partial charge in [0, 0.05) is 28.8 Å². The number of hydrogen-bond donors (Lipinski definition) is 2. The number of anilines is 1. The lowest BCUT2D eigenvalue weighted by molar-refractivity contribution is -0.384. The number of amides is 1. The molecule has 3 aromatic rings. The van der Waals surface area contributed by atoms with Gasteiger partial charge in [-0.2, -0.15) is 0 Å². The Hall–Kier alpha value is -3.37. The monoisotopic (exact) mass is 457 g/mol. The van der Waals surface area contributed by atoms with Gasteiger partial charge in [-0.15, -0.1) is 11.8 Å². The minimum atomic E-state index is -4.28. The summed E-state index contributed by atoms with van der Waals surface area (Å²) >= 11 is 1.59. The maximum absolute atomic E-state index is 12.5. The number of sulfonamides is 1. The molecule has 0 atom stereocenters. The van der Waals surface area contributed by atoms with E-state index in [2.05, 4.69) is 5.32 Å². The molecule has 31 heavy (non-hydrogen) atoms. The van der Waals surface area contributed by atoms with E-state index in [1.807, 2.05) is 35.1 Å². The van der Waals surface area contributed by atoms with Gasteiger partial charge in [0.25, 0.3) is 21.6 Å². The molecule has 0 unspecified atom stereocenters. The van der Waals surface area contributed by atoms with Gasteiger partial charge in [-0.3, -0.25) is 14.9 Å². The van der Waals surface area contributed by atoms with Gasteiger partial charge < -0.3 is 5.32 Å². The highest BCUT2D eigenvalue weighted by Crippen LogP contribution is 2.28. The van der Waals surface area contributed by atoms with Gasteiger partial charge in [0.2, 0.25) is 0 Å². The summed E-state index contributed by atoms with van der Waals surface area (Å²) in [6.07, 6.45) is 0. The second-order valence-corrected chi connectivity index (χ2v) is 9.18. The van der Waals surface area contributed by atoms with Gasteiger partial charge in [0.05, 0.1) is 9.82 Å². The van der Waals surface area contributed by atoms with Gasteiger partial charge in [-0.05, 0) is 36.4 Å². The third-order valence-electron chi connectivity index (χ3n) is 4.17. The standard InChI is InChI=1S/C21H19N3O5S2/c25-21(16-7-3-1-4-8-16)23-31(28,29)18-11-12-19(20(15-18)24(26)27)22-13-14-30-17-9-5-2-6-10-17/h1-12,15,22H,13-14H2,(H,23,25). The number of benzene rings is 3. The fourth-order valence-corrected chi connectivity index (χ4v) is 4.46. The predicted octanol–water partition coefficient (Wildman–Crippen LogP) is 3.92. The molecule has 160 valence electrons. The van der Waals surface area contributed by atoms with Crippen molar-refractivity contribution in [3.8, 4) is 0 Å². The lowest BCUT2D eigenvalue weighted by Crippen LogP contribution is -2.30. The predicted molar refractivity (Wildman–Crippen MR) is 120 cm³/mol. The van der Waals surface area contributed by atoms with Gasteiger partial charge >= 0.3 is 0 Å². The van der Waals surface area contributed by atoms with Crippen LogP contribution < -0.4 is 10.0 Å². The second kappa shape index (κ2) is 10.1. The van der Waals surface area contributed by atoms with Gasteiger partial charge in [-0.1, -0.05) is 36.4 Å². The van der Waals surface area contributed by atoms with E-state index in [4.69, 9.17) is 0 Å². The van der Waals surface area contributed by atoms with Crippen LogP contribution in [0.1, 0.15) is 10.4 Å². The van der Waals surface area contributed by atoms with E-state index in [1.54, 1.807) is 30.0 Å². The first kappa shape index (κ1) is 22.3. The molecule has 0 bridgehead atoms. The highest BCUT2D eigenvalue weighted by atomic mass is 32.2. The third kappa shape index (κ3) is 6.06. The Bertz CT molecular complexity index is 1170. The van der Waals surface area contributed by atoms with E-state index in [0.29, 0.717) is 12.3 Å². The lowest BCUT2D eigenvalue weighted by Gasteiger charge is -2.10. The molecule has 0 heterocycles. The molecule has 10 heteroatoms. The van der Waals surface area contributed by atoms with E-state index in [1.165, 1.54) is 24.3 Å². The average Bonchev–Trinajstić information content (AvgIpc) is 2.77. The highest BCUT2D eigenvalue weighted by Gasteiger charge is 2.23. The van der Waals surface area contributed by atoms with Crippen LogP contribution >= 0.6 is 11.8 Å². The molecule has 0 aliphatic rings. The molecule has 0 aromatic heterocycles. The maximum atomic E-state index is 12.5. The lowest BCUT2D eigenvalue weighted by atomic mass is 10.2. The van der Waals surface area contributed by atoms with Gasteiger partial charge in [-0.25, -0.2) is 13.1 Å². The number of nitro benzene ring substituents is 1. The van der Waals surface area contributed by atoms with E-state index in [9.17, 15) is 23.3 Å². The number of nitrogens with one attached hydrogen (secondary N) is 2. The number of nitro groups is 1. The van der Waals surface area contributed by atoms with Crippen molar-refractivity contribution in [2.75, 3.05) is 17.6 Å². The molecule has 1 amide bonds. The molecule has 0 fully saturated rings. The molecule has 0 aliphatic carbocycles. The zero-order valence-corrected chi connectivity index (χ0v) is 17.9. The summed E-state index contributed by atoms with van der Waals surface area (Å²) in [4.78, 5) is 23.7. The Labute approximate surface area is 183 Å². The van der Waals surface area contributed by atoms with Crippen molar-refractivity contribution < 1.29 is 18.1 Å². The summed E-state index contributed by atoms with van der Waals surface area (Å²) in [5, 5.41) is 14.4. The first-order chi connectivity index (χ1) is 14.9. The smallest absolute Gasteiger partial charge is 0.293 e. The molecule has 0 saturated carbocycles. The van der Waals surface area contributed by atoms with Crippen LogP contribution in [0, 0.1) is 10.1 Å². The zero-order chi connectivity index (χ0) is 22.3. The average molecular weight is 458 g/mol. The molecule has 0 aliphatic heterocycles. The topological polar surface area (TPSA) is 118 Å². The summed E-state index contributed by atoms with van der Waals surface area (Å²) in [6, 6.07) is 21.0. The molecule has 8 nitrogen and oxygen atoms in total. The first-order valence-corrected chi connectivity index (χ1v) is 11.7. The van der Waals surface area contributed by atoms with Gasteiger partial charge in [0.1, 0.15) is 5.69 Å². The van der Waals surface area contributed by atoms with Crippen LogP contribution in [0.2, 0.25) is 0 Å². The normalized spacial score (nSPS) is 11.0. The summed E-state index contributed by atoms with van der Waals surface area (Å²) in [7, 11) is -4.28. The fraction of sp³-hybridized carbons (Fsp3) is 0.0952. The number of nitrogens with zero attached hydrogens (tertiary/aromatic N) is 1. The minimum absolute atomic E-state index is 0.162. The van der Waals surface area contributed by atoms with Crippen molar-refractivity contribution in [3.63, 3.8) is 0 Å². The molecule has 3 rings (SSSR count). The molecule has 2 N–H and O–H groups in total. The third-order valence-corrected chi connectivity index (χ3v) is 6.51. The van der Waals surface area contributed by atoms with E-state index < -0.39 is 20.9 Å². The Morgan fingerprint density at radius 1 is 0.968 bits per heavy atom. The summed E-state index contributed by atoms with van der Waals surface area (Å²) in [5.74, 6) is -0.155. The van der Waals surface area contributed by atoms with Gasteiger partial charge in [0.15, 0.2) is 0 Å². The number of rotatable bonds is 9. The molecule has 0 saturated heterocycles. The van der Waals surface area contributed by atoms with Crippen LogP contribution in [-0.4, -0.2) is 31.5 Å². The Morgan fingerprint density at radius 2 is 1.61 bits per heavy atom. The van der Waals surface area contributed by atoms with Crippen LogP contribution in [0.5, 0.6) is 0 Å². The maximum Gasteiger partial charge on any atom is 0.293 e. The van der Waals surface area contributed by atoms with Crippen LogP contribution in [-0.2, 0) is 10.0 Å². The first-order valence-electron chi connectivity index (χ1n) is 9.19. The number of carbonyl (C=O) groups is 1. The van der Waals surface area contributed by atoms with Crippen molar-refractivity contribution in [2.45, 2.75) is 9.79 Å². The van der Waals surface area contributed by atoms with E-state index >= 15 is 0 Å². The molecule has 0 radical (unpaired) electrons. The fourth-order valence-electron chi connectivity index (χ4n) is 2.68. The molecular weight excluding hydrogens is 438 g/mol. The van der Waals surface area contributed by atoms with E-state index in [0.717, 1.165) is 11.0 Å². The Kier molecular flexibility index (Phi) is 7.27. The van der Waals surface area contributed by atoms with Crippen LogP contribution in [0.25, 0.3) is 0 Å². The van der Waals surface area contributed by atoms with Crippen molar-refractivity contribution >= 4 is 39.1 Å². The largest absolute Gasteiger partial charge is 0.379 e. The van der Waals surface area contributed by atoms with E-state index in [-0.39, 0.29) is 21.8 Å². The number of hydrogen-bond acceptors (Lipinski definition) is 7. The van der Waals surface area contributed by atoms with Crippen molar-refractivity contribution in [3.05, 3.63) is 94.5 Å². The SMILES string of the molecule is O=C(NS(=O)(=O)c1ccc(NCCSc2ccccc2)c([N+](=O)[O-])c1)c1ccccc1. The van der Waals surface area contributed by atoms with Crippen LogP contribution in [0.4, 0.5) is 11.4 Å².